The molecule has 0 atom stereocenters. The average molecular weight is 246 g/mol. The fourth-order valence-electron chi connectivity index (χ4n) is 1.35. The third-order valence-electron chi connectivity index (χ3n) is 2.07. The van der Waals surface area contributed by atoms with Crippen LogP contribution in [0.4, 0.5) is 0 Å². The van der Waals surface area contributed by atoms with Crippen molar-refractivity contribution in [2.45, 2.75) is 12.8 Å². The molecule has 15 heavy (non-hydrogen) atoms. The fraction of sp³-hybridized carbons (Fsp3) is 0.333. The van der Waals surface area contributed by atoms with E-state index in [0.717, 1.165) is 11.3 Å². The van der Waals surface area contributed by atoms with Crippen molar-refractivity contribution in [1.29, 1.82) is 0 Å². The zero-order valence-corrected chi connectivity index (χ0v) is 9.80. The van der Waals surface area contributed by atoms with Crippen molar-refractivity contribution < 1.29 is 4.52 Å². The molecule has 2 aromatic rings. The van der Waals surface area contributed by atoms with E-state index in [1.54, 1.807) is 17.8 Å². The molecule has 0 aliphatic rings. The molecule has 0 N–H and O–H groups in total. The van der Waals surface area contributed by atoms with E-state index in [4.69, 9.17) is 27.7 Å². The standard InChI is InChI=1S/C9H9Cl2N3O/c1-5-3-7(13-15-5)8-6(4-10)9(11)14(2)12-8/h3H,4H2,1-2H3. The summed E-state index contributed by atoms with van der Waals surface area (Å²) >= 11 is 11.8. The lowest BCUT2D eigenvalue weighted by molar-refractivity contribution is 0.399. The Balaban J connectivity index is 2.57. The van der Waals surface area contributed by atoms with Gasteiger partial charge in [-0.1, -0.05) is 16.8 Å². The highest BCUT2D eigenvalue weighted by molar-refractivity contribution is 6.31. The first-order valence-electron chi connectivity index (χ1n) is 4.34. The molecule has 2 rings (SSSR count). The van der Waals surface area contributed by atoms with Crippen molar-refractivity contribution in [3.8, 4) is 11.4 Å². The van der Waals surface area contributed by atoms with Gasteiger partial charge < -0.3 is 4.52 Å². The minimum absolute atomic E-state index is 0.300. The van der Waals surface area contributed by atoms with Gasteiger partial charge in [0, 0.05) is 18.7 Å². The maximum absolute atomic E-state index is 6.03. The molecule has 0 unspecified atom stereocenters. The number of aryl methyl sites for hydroxylation is 2. The first-order chi connectivity index (χ1) is 7.13. The first kappa shape index (κ1) is 10.5. The van der Waals surface area contributed by atoms with Gasteiger partial charge in [0.2, 0.25) is 0 Å². The summed E-state index contributed by atoms with van der Waals surface area (Å²) in [7, 11) is 1.76. The number of halogens is 2. The Morgan fingerprint density at radius 1 is 1.53 bits per heavy atom. The number of alkyl halides is 1. The molecular weight excluding hydrogens is 237 g/mol. The molecular formula is C9H9Cl2N3O. The van der Waals surface area contributed by atoms with Crippen LogP contribution in [0.1, 0.15) is 11.3 Å². The molecule has 4 nitrogen and oxygen atoms in total. The number of nitrogens with zero attached hydrogens (tertiary/aromatic N) is 3. The van der Waals surface area contributed by atoms with E-state index in [1.165, 1.54) is 0 Å². The molecule has 6 heteroatoms. The van der Waals surface area contributed by atoms with E-state index in [1.807, 2.05) is 6.92 Å². The van der Waals surface area contributed by atoms with Crippen LogP contribution in [-0.4, -0.2) is 14.9 Å². The SMILES string of the molecule is Cc1cc(-c2nn(C)c(Cl)c2CCl)no1. The van der Waals surface area contributed by atoms with Gasteiger partial charge in [0.15, 0.2) is 0 Å². The topological polar surface area (TPSA) is 43.9 Å². The molecule has 0 aliphatic heterocycles. The lowest BCUT2D eigenvalue weighted by Gasteiger charge is -1.92. The predicted molar refractivity (Wildman–Crippen MR) is 58.0 cm³/mol. The number of hydrogen-bond acceptors (Lipinski definition) is 3. The molecule has 0 aliphatic carbocycles. The summed E-state index contributed by atoms with van der Waals surface area (Å²) in [6.07, 6.45) is 0. The molecule has 0 spiro atoms. The molecule has 0 bridgehead atoms. The van der Waals surface area contributed by atoms with E-state index in [9.17, 15) is 0 Å². The zero-order valence-electron chi connectivity index (χ0n) is 8.29. The van der Waals surface area contributed by atoms with Crippen LogP contribution in [0.5, 0.6) is 0 Å². The summed E-state index contributed by atoms with van der Waals surface area (Å²) in [4.78, 5) is 0. The molecule has 80 valence electrons. The molecule has 2 aromatic heterocycles. The van der Waals surface area contributed by atoms with E-state index >= 15 is 0 Å². The number of rotatable bonds is 2. The highest BCUT2D eigenvalue weighted by Crippen LogP contribution is 2.28. The molecule has 0 saturated heterocycles. The second kappa shape index (κ2) is 3.87. The van der Waals surface area contributed by atoms with Crippen molar-refractivity contribution >= 4 is 23.2 Å². The summed E-state index contributed by atoms with van der Waals surface area (Å²) in [5, 5.41) is 8.65. The largest absolute Gasteiger partial charge is 0.361 e. The van der Waals surface area contributed by atoms with Gasteiger partial charge in [0.1, 0.15) is 22.3 Å². The fourth-order valence-corrected chi connectivity index (χ4v) is 1.87. The average Bonchev–Trinajstić information content (AvgIpc) is 2.73. The minimum atomic E-state index is 0.300. The van der Waals surface area contributed by atoms with Crippen LogP contribution in [0.15, 0.2) is 10.6 Å². The summed E-state index contributed by atoms with van der Waals surface area (Å²) in [5.74, 6) is 1.03. The Bertz CT molecular complexity index is 490. The lowest BCUT2D eigenvalue weighted by atomic mass is 10.2. The van der Waals surface area contributed by atoms with Crippen molar-refractivity contribution in [3.63, 3.8) is 0 Å². The molecule has 0 amide bonds. The van der Waals surface area contributed by atoms with Crippen LogP contribution in [0, 0.1) is 6.92 Å². The summed E-state index contributed by atoms with van der Waals surface area (Å²) in [6, 6.07) is 1.80. The van der Waals surface area contributed by atoms with Crippen molar-refractivity contribution in [1.82, 2.24) is 14.9 Å². The Morgan fingerprint density at radius 2 is 2.27 bits per heavy atom. The van der Waals surface area contributed by atoms with E-state index in [2.05, 4.69) is 10.3 Å². The Hall–Kier alpha value is -1.000. The van der Waals surface area contributed by atoms with Gasteiger partial charge >= 0.3 is 0 Å². The normalized spacial score (nSPS) is 10.9. The maximum Gasteiger partial charge on any atom is 0.134 e. The summed E-state index contributed by atoms with van der Waals surface area (Å²) in [5.41, 5.74) is 2.11. The van der Waals surface area contributed by atoms with Crippen LogP contribution in [-0.2, 0) is 12.9 Å². The van der Waals surface area contributed by atoms with Crippen LogP contribution < -0.4 is 0 Å². The highest BCUT2D eigenvalue weighted by Gasteiger charge is 2.17. The Labute approximate surface area is 96.8 Å². The smallest absolute Gasteiger partial charge is 0.134 e. The van der Waals surface area contributed by atoms with Gasteiger partial charge in [-0.05, 0) is 6.92 Å². The second-order valence-electron chi connectivity index (χ2n) is 3.20. The van der Waals surface area contributed by atoms with Crippen molar-refractivity contribution in [2.75, 3.05) is 0 Å². The molecule has 0 fully saturated rings. The first-order valence-corrected chi connectivity index (χ1v) is 5.25. The number of aromatic nitrogens is 3. The Kier molecular flexibility index (Phi) is 2.71. The summed E-state index contributed by atoms with van der Waals surface area (Å²) in [6.45, 7) is 1.82. The van der Waals surface area contributed by atoms with Gasteiger partial charge in [-0.15, -0.1) is 11.6 Å². The number of hydrogen-bond donors (Lipinski definition) is 0. The van der Waals surface area contributed by atoms with Crippen LogP contribution >= 0.6 is 23.2 Å². The second-order valence-corrected chi connectivity index (χ2v) is 3.82. The lowest BCUT2D eigenvalue weighted by Crippen LogP contribution is -1.89. The van der Waals surface area contributed by atoms with Gasteiger partial charge in [0.25, 0.3) is 0 Å². The molecule has 2 heterocycles. The molecule has 0 saturated carbocycles. The van der Waals surface area contributed by atoms with Crippen molar-refractivity contribution in [3.05, 3.63) is 22.5 Å². The monoisotopic (exact) mass is 245 g/mol. The maximum atomic E-state index is 6.03. The third kappa shape index (κ3) is 1.75. The quantitative estimate of drug-likeness (QED) is 0.765. The summed E-state index contributed by atoms with van der Waals surface area (Å²) < 4.78 is 6.55. The minimum Gasteiger partial charge on any atom is -0.361 e. The third-order valence-corrected chi connectivity index (χ3v) is 2.81. The van der Waals surface area contributed by atoms with Crippen LogP contribution in [0.25, 0.3) is 11.4 Å². The van der Waals surface area contributed by atoms with Gasteiger partial charge in [-0.2, -0.15) is 5.10 Å². The van der Waals surface area contributed by atoms with Gasteiger partial charge in [-0.3, -0.25) is 4.68 Å². The Morgan fingerprint density at radius 3 is 2.80 bits per heavy atom. The molecule has 0 aromatic carbocycles. The molecule has 0 radical (unpaired) electrons. The van der Waals surface area contributed by atoms with E-state index in [0.29, 0.717) is 22.4 Å². The van der Waals surface area contributed by atoms with E-state index < -0.39 is 0 Å². The van der Waals surface area contributed by atoms with Gasteiger partial charge in [-0.25, -0.2) is 0 Å². The van der Waals surface area contributed by atoms with Crippen LogP contribution in [0.2, 0.25) is 5.15 Å². The zero-order chi connectivity index (χ0) is 11.0. The van der Waals surface area contributed by atoms with Crippen molar-refractivity contribution in [2.24, 2.45) is 7.05 Å². The van der Waals surface area contributed by atoms with E-state index in [-0.39, 0.29) is 0 Å². The van der Waals surface area contributed by atoms with Crippen LogP contribution in [0.3, 0.4) is 0 Å². The van der Waals surface area contributed by atoms with Gasteiger partial charge in [0.05, 0.1) is 5.88 Å². The predicted octanol–water partition coefficient (Wildman–Crippen LogP) is 2.78. The highest BCUT2D eigenvalue weighted by atomic mass is 35.5.